The number of carbonyl (C=O) groups is 2. The third-order valence-electron chi connectivity index (χ3n) is 2.77. The van der Waals surface area contributed by atoms with Crippen molar-refractivity contribution in [2.75, 3.05) is 0 Å². The highest BCUT2D eigenvalue weighted by Crippen LogP contribution is 2.09. The Morgan fingerprint density at radius 2 is 2.22 bits per heavy atom. The number of aliphatic carboxylic acids is 1. The first-order chi connectivity index (χ1) is 8.51. The summed E-state index contributed by atoms with van der Waals surface area (Å²) in [5.41, 5.74) is 1.11. The minimum absolute atomic E-state index is 0.0689. The van der Waals surface area contributed by atoms with Crippen LogP contribution in [0.5, 0.6) is 0 Å². The molecule has 5 heteroatoms. The van der Waals surface area contributed by atoms with Gasteiger partial charge < -0.3 is 15.0 Å². The number of aromatic nitrogens is 1. The maximum atomic E-state index is 11.1. The lowest BCUT2D eigenvalue weighted by atomic mass is 10.0. The number of nitrogens with zero attached hydrogens (tertiary/aromatic N) is 1. The summed E-state index contributed by atoms with van der Waals surface area (Å²) in [7, 11) is 0. The van der Waals surface area contributed by atoms with E-state index in [1.807, 2.05) is 18.5 Å². The van der Waals surface area contributed by atoms with E-state index in [4.69, 9.17) is 5.11 Å². The van der Waals surface area contributed by atoms with Gasteiger partial charge in [-0.15, -0.1) is 0 Å². The summed E-state index contributed by atoms with van der Waals surface area (Å²) >= 11 is 0. The summed E-state index contributed by atoms with van der Waals surface area (Å²) in [4.78, 5) is 21.7. The molecule has 0 saturated carbocycles. The molecule has 1 heterocycles. The highest BCUT2D eigenvalue weighted by Gasteiger charge is 2.13. The molecule has 1 unspecified atom stereocenters. The summed E-state index contributed by atoms with van der Waals surface area (Å²) in [5, 5.41) is 11.5. The Hall–Kier alpha value is -1.78. The molecule has 1 aromatic heterocycles. The lowest BCUT2D eigenvalue weighted by Gasteiger charge is -2.16. The molecule has 5 nitrogen and oxygen atoms in total. The van der Waals surface area contributed by atoms with Gasteiger partial charge in [-0.1, -0.05) is 0 Å². The molecule has 0 bridgehead atoms. The lowest BCUT2D eigenvalue weighted by Crippen LogP contribution is -2.35. The molecule has 0 aliphatic rings. The van der Waals surface area contributed by atoms with Gasteiger partial charge in [0.05, 0.1) is 0 Å². The Bertz CT molecular complexity index is 412. The van der Waals surface area contributed by atoms with Crippen molar-refractivity contribution < 1.29 is 14.7 Å². The molecule has 18 heavy (non-hydrogen) atoms. The SMILES string of the molecule is CCn1ccc(CC(CCC(=O)O)NC(C)=O)c1. The van der Waals surface area contributed by atoms with Crippen molar-refractivity contribution in [3.8, 4) is 0 Å². The van der Waals surface area contributed by atoms with Crippen molar-refractivity contribution in [2.24, 2.45) is 0 Å². The van der Waals surface area contributed by atoms with Crippen LogP contribution in [0.25, 0.3) is 0 Å². The molecule has 100 valence electrons. The summed E-state index contributed by atoms with van der Waals surface area (Å²) < 4.78 is 2.05. The van der Waals surface area contributed by atoms with Gasteiger partial charge in [-0.25, -0.2) is 0 Å². The number of hydrogen-bond acceptors (Lipinski definition) is 2. The van der Waals surface area contributed by atoms with Crippen LogP contribution in [0.1, 0.15) is 32.3 Å². The zero-order chi connectivity index (χ0) is 13.5. The number of carboxylic acids is 1. The van der Waals surface area contributed by atoms with Crippen LogP contribution in [0.15, 0.2) is 18.5 Å². The monoisotopic (exact) mass is 252 g/mol. The van der Waals surface area contributed by atoms with Crippen LogP contribution in [0.3, 0.4) is 0 Å². The van der Waals surface area contributed by atoms with Crippen molar-refractivity contribution in [3.63, 3.8) is 0 Å². The Balaban J connectivity index is 2.58. The van der Waals surface area contributed by atoms with Gasteiger partial charge in [0.2, 0.25) is 5.91 Å². The molecule has 0 spiro atoms. The largest absolute Gasteiger partial charge is 0.481 e. The van der Waals surface area contributed by atoms with Gasteiger partial charge in [-0.05, 0) is 31.4 Å². The zero-order valence-electron chi connectivity index (χ0n) is 10.8. The number of aryl methyl sites for hydroxylation is 1. The minimum Gasteiger partial charge on any atom is -0.481 e. The summed E-state index contributed by atoms with van der Waals surface area (Å²) in [6.07, 6.45) is 5.19. The van der Waals surface area contributed by atoms with E-state index < -0.39 is 5.97 Å². The van der Waals surface area contributed by atoms with E-state index in [0.717, 1.165) is 12.1 Å². The van der Waals surface area contributed by atoms with Crippen LogP contribution in [-0.2, 0) is 22.6 Å². The van der Waals surface area contributed by atoms with Crippen molar-refractivity contribution in [1.82, 2.24) is 9.88 Å². The van der Waals surface area contributed by atoms with E-state index in [1.165, 1.54) is 6.92 Å². The molecule has 1 aromatic rings. The molecule has 1 rings (SSSR count). The molecule has 1 amide bonds. The third kappa shape index (κ3) is 5.03. The normalized spacial score (nSPS) is 12.1. The fourth-order valence-corrected chi connectivity index (χ4v) is 1.90. The van der Waals surface area contributed by atoms with Crippen LogP contribution in [0.4, 0.5) is 0 Å². The topological polar surface area (TPSA) is 71.3 Å². The summed E-state index contributed by atoms with van der Waals surface area (Å²) in [6, 6.07) is 1.88. The lowest BCUT2D eigenvalue weighted by molar-refractivity contribution is -0.137. The Kier molecular flexibility index (Phi) is 5.42. The maximum Gasteiger partial charge on any atom is 0.303 e. The van der Waals surface area contributed by atoms with Gasteiger partial charge in [-0.3, -0.25) is 9.59 Å². The fraction of sp³-hybridized carbons (Fsp3) is 0.538. The molecular weight excluding hydrogens is 232 g/mol. The van der Waals surface area contributed by atoms with Crippen LogP contribution >= 0.6 is 0 Å². The van der Waals surface area contributed by atoms with Crippen molar-refractivity contribution >= 4 is 11.9 Å². The average Bonchev–Trinajstić information content (AvgIpc) is 2.73. The second kappa shape index (κ2) is 6.83. The third-order valence-corrected chi connectivity index (χ3v) is 2.77. The molecule has 2 N–H and O–H groups in total. The van der Waals surface area contributed by atoms with Gasteiger partial charge in [0, 0.05) is 38.3 Å². The van der Waals surface area contributed by atoms with Gasteiger partial charge in [0.25, 0.3) is 0 Å². The Morgan fingerprint density at radius 3 is 2.72 bits per heavy atom. The molecule has 0 radical (unpaired) electrons. The van der Waals surface area contributed by atoms with Crippen molar-refractivity contribution in [1.29, 1.82) is 0 Å². The molecule has 0 saturated heterocycles. The highest BCUT2D eigenvalue weighted by molar-refractivity contribution is 5.73. The summed E-state index contributed by atoms with van der Waals surface area (Å²) in [6.45, 7) is 4.41. The number of nitrogens with one attached hydrogen (secondary N) is 1. The first kappa shape index (κ1) is 14.3. The fourth-order valence-electron chi connectivity index (χ4n) is 1.90. The van der Waals surface area contributed by atoms with Gasteiger partial charge in [0.15, 0.2) is 0 Å². The highest BCUT2D eigenvalue weighted by atomic mass is 16.4. The molecule has 1 atom stereocenters. The standard InChI is InChI=1S/C13H20N2O3/c1-3-15-7-6-11(9-15)8-12(14-10(2)16)4-5-13(17)18/h6-7,9,12H,3-5,8H2,1-2H3,(H,14,16)(H,17,18). The van der Waals surface area contributed by atoms with E-state index in [2.05, 4.69) is 16.8 Å². The second-order valence-electron chi connectivity index (χ2n) is 4.38. The van der Waals surface area contributed by atoms with E-state index in [0.29, 0.717) is 12.8 Å². The van der Waals surface area contributed by atoms with Gasteiger partial charge >= 0.3 is 5.97 Å². The number of hydrogen-bond donors (Lipinski definition) is 2. The van der Waals surface area contributed by atoms with Gasteiger partial charge in [-0.2, -0.15) is 0 Å². The smallest absolute Gasteiger partial charge is 0.303 e. The minimum atomic E-state index is -0.837. The van der Waals surface area contributed by atoms with E-state index >= 15 is 0 Å². The predicted molar refractivity (Wildman–Crippen MR) is 68.3 cm³/mol. The maximum absolute atomic E-state index is 11.1. The van der Waals surface area contributed by atoms with E-state index in [1.54, 1.807) is 0 Å². The molecule has 0 aromatic carbocycles. The number of rotatable bonds is 7. The molecule has 0 aliphatic heterocycles. The zero-order valence-corrected chi connectivity index (χ0v) is 10.8. The predicted octanol–water partition coefficient (Wildman–Crippen LogP) is 1.42. The average molecular weight is 252 g/mol. The second-order valence-corrected chi connectivity index (χ2v) is 4.38. The van der Waals surface area contributed by atoms with Crippen molar-refractivity contribution in [3.05, 3.63) is 24.0 Å². The number of carboxylic acid groups (broad SMARTS) is 1. The molecule has 0 fully saturated rings. The number of amides is 1. The Labute approximate surface area is 107 Å². The molecule has 0 aliphatic carbocycles. The Morgan fingerprint density at radius 1 is 1.50 bits per heavy atom. The van der Waals surface area contributed by atoms with Crippen LogP contribution in [0, 0.1) is 0 Å². The van der Waals surface area contributed by atoms with Gasteiger partial charge in [0.1, 0.15) is 0 Å². The number of carbonyl (C=O) groups excluding carboxylic acids is 1. The van der Waals surface area contributed by atoms with E-state index in [-0.39, 0.29) is 18.4 Å². The first-order valence-corrected chi connectivity index (χ1v) is 6.14. The van der Waals surface area contributed by atoms with Crippen molar-refractivity contribution in [2.45, 2.75) is 45.7 Å². The van der Waals surface area contributed by atoms with Crippen LogP contribution in [-0.4, -0.2) is 27.6 Å². The van der Waals surface area contributed by atoms with Crippen LogP contribution < -0.4 is 5.32 Å². The molecular formula is C13H20N2O3. The first-order valence-electron chi connectivity index (χ1n) is 6.14. The van der Waals surface area contributed by atoms with E-state index in [9.17, 15) is 9.59 Å². The summed E-state index contributed by atoms with van der Waals surface area (Å²) in [5.74, 6) is -0.961. The van der Waals surface area contributed by atoms with Crippen LogP contribution in [0.2, 0.25) is 0 Å². The quantitative estimate of drug-likeness (QED) is 0.771.